The molecule has 0 rings (SSSR count). The summed E-state index contributed by atoms with van der Waals surface area (Å²) in [4.78, 5) is 11.6. The SMILES string of the molecule is C=CCCCCCCCC(=O)OC/C=C(/C)CCC=C(C)C. The minimum Gasteiger partial charge on any atom is -0.461 e. The zero-order valence-electron chi connectivity index (χ0n) is 14.8. The van der Waals surface area contributed by atoms with Gasteiger partial charge >= 0.3 is 5.97 Å². The summed E-state index contributed by atoms with van der Waals surface area (Å²) in [5.41, 5.74) is 2.64. The van der Waals surface area contributed by atoms with E-state index in [-0.39, 0.29) is 5.97 Å². The number of ether oxygens (including phenoxy) is 1. The number of rotatable bonds is 13. The van der Waals surface area contributed by atoms with Gasteiger partial charge in [0.2, 0.25) is 0 Å². The van der Waals surface area contributed by atoms with Crippen molar-refractivity contribution in [2.75, 3.05) is 6.61 Å². The minimum atomic E-state index is -0.0700. The van der Waals surface area contributed by atoms with E-state index in [4.69, 9.17) is 4.74 Å². The monoisotopic (exact) mass is 306 g/mol. The van der Waals surface area contributed by atoms with E-state index in [1.54, 1.807) is 0 Å². The summed E-state index contributed by atoms with van der Waals surface area (Å²) >= 11 is 0. The zero-order valence-corrected chi connectivity index (χ0v) is 14.8. The van der Waals surface area contributed by atoms with E-state index in [0.717, 1.165) is 32.1 Å². The fraction of sp³-hybridized carbons (Fsp3) is 0.650. The first-order valence-corrected chi connectivity index (χ1v) is 8.61. The molecule has 0 aromatic carbocycles. The highest BCUT2D eigenvalue weighted by Crippen LogP contribution is 2.09. The van der Waals surface area contributed by atoms with Gasteiger partial charge in [-0.15, -0.1) is 6.58 Å². The number of carbonyl (C=O) groups is 1. The Morgan fingerprint density at radius 3 is 2.27 bits per heavy atom. The van der Waals surface area contributed by atoms with Gasteiger partial charge < -0.3 is 4.74 Å². The van der Waals surface area contributed by atoms with Crippen LogP contribution >= 0.6 is 0 Å². The van der Waals surface area contributed by atoms with E-state index in [1.165, 1.54) is 30.4 Å². The van der Waals surface area contributed by atoms with Crippen LogP contribution in [0.5, 0.6) is 0 Å². The molecule has 0 aliphatic heterocycles. The number of esters is 1. The molecule has 0 saturated heterocycles. The van der Waals surface area contributed by atoms with Gasteiger partial charge in [0, 0.05) is 6.42 Å². The summed E-state index contributed by atoms with van der Waals surface area (Å²) < 4.78 is 5.24. The van der Waals surface area contributed by atoms with Crippen LogP contribution in [0, 0.1) is 0 Å². The molecule has 0 amide bonds. The van der Waals surface area contributed by atoms with Crippen molar-refractivity contribution in [2.24, 2.45) is 0 Å². The molecule has 0 aliphatic rings. The predicted octanol–water partition coefficient (Wildman–Crippen LogP) is 6.14. The Kier molecular flexibility index (Phi) is 13.7. The van der Waals surface area contributed by atoms with Crippen molar-refractivity contribution in [1.82, 2.24) is 0 Å². The lowest BCUT2D eigenvalue weighted by Crippen LogP contribution is -2.04. The Bertz CT molecular complexity index is 360. The van der Waals surface area contributed by atoms with Gasteiger partial charge in [-0.3, -0.25) is 4.79 Å². The van der Waals surface area contributed by atoms with Crippen molar-refractivity contribution in [3.63, 3.8) is 0 Å². The summed E-state index contributed by atoms with van der Waals surface area (Å²) in [6.45, 7) is 10.4. The lowest BCUT2D eigenvalue weighted by molar-refractivity contribution is -0.142. The quantitative estimate of drug-likeness (QED) is 0.232. The number of allylic oxidation sites excluding steroid dienone is 4. The molecule has 0 aromatic rings. The molecule has 0 unspecified atom stereocenters. The lowest BCUT2D eigenvalue weighted by Gasteiger charge is -2.04. The molecule has 0 saturated carbocycles. The predicted molar refractivity (Wildman–Crippen MR) is 95.9 cm³/mol. The lowest BCUT2D eigenvalue weighted by atomic mass is 10.1. The molecular weight excluding hydrogens is 272 g/mol. The van der Waals surface area contributed by atoms with Crippen molar-refractivity contribution in [3.05, 3.63) is 36.0 Å². The fourth-order valence-corrected chi connectivity index (χ4v) is 2.13. The van der Waals surface area contributed by atoms with E-state index < -0.39 is 0 Å². The van der Waals surface area contributed by atoms with Crippen molar-refractivity contribution in [2.45, 2.75) is 78.6 Å². The Morgan fingerprint density at radius 2 is 1.59 bits per heavy atom. The Hall–Kier alpha value is -1.31. The molecule has 2 nitrogen and oxygen atoms in total. The second-order valence-electron chi connectivity index (χ2n) is 6.15. The molecule has 0 bridgehead atoms. The maximum absolute atomic E-state index is 11.6. The van der Waals surface area contributed by atoms with Crippen LogP contribution in [0.25, 0.3) is 0 Å². The molecule has 0 atom stereocenters. The van der Waals surface area contributed by atoms with Crippen LogP contribution in [0.4, 0.5) is 0 Å². The molecule has 0 aliphatic carbocycles. The van der Waals surface area contributed by atoms with Crippen molar-refractivity contribution >= 4 is 5.97 Å². The van der Waals surface area contributed by atoms with E-state index in [2.05, 4.69) is 33.4 Å². The number of hydrogen-bond donors (Lipinski definition) is 0. The van der Waals surface area contributed by atoms with Gasteiger partial charge in [0.1, 0.15) is 6.61 Å². The standard InChI is InChI=1S/C20H34O2/c1-5-6-7-8-9-10-11-15-20(21)22-17-16-19(4)14-12-13-18(2)3/h5,13,16H,1,6-12,14-15,17H2,2-4H3/b19-16-. The summed E-state index contributed by atoms with van der Waals surface area (Å²) in [7, 11) is 0. The van der Waals surface area contributed by atoms with Gasteiger partial charge in [-0.25, -0.2) is 0 Å². The molecule has 0 aromatic heterocycles. The van der Waals surface area contributed by atoms with E-state index in [1.807, 2.05) is 12.2 Å². The van der Waals surface area contributed by atoms with Crippen molar-refractivity contribution < 1.29 is 9.53 Å². The third kappa shape index (κ3) is 15.1. The van der Waals surface area contributed by atoms with Gasteiger partial charge in [0.25, 0.3) is 0 Å². The molecule has 0 fully saturated rings. The largest absolute Gasteiger partial charge is 0.461 e. The fourth-order valence-electron chi connectivity index (χ4n) is 2.13. The maximum Gasteiger partial charge on any atom is 0.306 e. The number of unbranched alkanes of at least 4 members (excludes halogenated alkanes) is 5. The summed E-state index contributed by atoms with van der Waals surface area (Å²) in [6.07, 6.45) is 15.7. The third-order valence-electron chi connectivity index (χ3n) is 3.56. The van der Waals surface area contributed by atoms with E-state index in [0.29, 0.717) is 13.0 Å². The van der Waals surface area contributed by atoms with Crippen LogP contribution in [0.15, 0.2) is 36.0 Å². The topological polar surface area (TPSA) is 26.3 Å². The molecule has 0 heterocycles. The first kappa shape index (κ1) is 20.7. The summed E-state index contributed by atoms with van der Waals surface area (Å²) in [6, 6.07) is 0. The van der Waals surface area contributed by atoms with Crippen molar-refractivity contribution in [1.29, 1.82) is 0 Å². The molecule has 2 heteroatoms. The maximum atomic E-state index is 11.6. The highest BCUT2D eigenvalue weighted by Gasteiger charge is 2.01. The van der Waals surface area contributed by atoms with Crippen LogP contribution in [-0.4, -0.2) is 12.6 Å². The van der Waals surface area contributed by atoms with E-state index in [9.17, 15) is 4.79 Å². The zero-order chi connectivity index (χ0) is 16.6. The number of carbonyl (C=O) groups excluding carboxylic acids is 1. The van der Waals surface area contributed by atoms with Crippen LogP contribution in [0.3, 0.4) is 0 Å². The summed E-state index contributed by atoms with van der Waals surface area (Å²) in [5, 5.41) is 0. The van der Waals surface area contributed by atoms with Crippen LogP contribution < -0.4 is 0 Å². The van der Waals surface area contributed by atoms with E-state index >= 15 is 0 Å². The second kappa shape index (κ2) is 14.6. The molecule has 0 radical (unpaired) electrons. The van der Waals surface area contributed by atoms with Crippen LogP contribution in [0.2, 0.25) is 0 Å². The molecule has 0 N–H and O–H groups in total. The molecular formula is C20H34O2. The molecule has 0 spiro atoms. The van der Waals surface area contributed by atoms with Crippen LogP contribution in [0.1, 0.15) is 78.6 Å². The highest BCUT2D eigenvalue weighted by atomic mass is 16.5. The minimum absolute atomic E-state index is 0.0700. The van der Waals surface area contributed by atoms with Gasteiger partial charge in [-0.2, -0.15) is 0 Å². The average Bonchev–Trinajstić information content (AvgIpc) is 2.46. The average molecular weight is 306 g/mol. The Morgan fingerprint density at radius 1 is 0.909 bits per heavy atom. The first-order chi connectivity index (χ1) is 10.6. The molecule has 22 heavy (non-hydrogen) atoms. The first-order valence-electron chi connectivity index (χ1n) is 8.61. The third-order valence-corrected chi connectivity index (χ3v) is 3.56. The highest BCUT2D eigenvalue weighted by molar-refractivity contribution is 5.69. The Labute approximate surface area is 137 Å². The Balaban J connectivity index is 3.55. The molecule has 126 valence electrons. The van der Waals surface area contributed by atoms with Crippen LogP contribution in [-0.2, 0) is 9.53 Å². The summed E-state index contributed by atoms with van der Waals surface area (Å²) in [5.74, 6) is -0.0700. The number of hydrogen-bond acceptors (Lipinski definition) is 2. The van der Waals surface area contributed by atoms with Gasteiger partial charge in [-0.05, 0) is 59.0 Å². The second-order valence-corrected chi connectivity index (χ2v) is 6.15. The smallest absolute Gasteiger partial charge is 0.306 e. The van der Waals surface area contributed by atoms with Crippen molar-refractivity contribution in [3.8, 4) is 0 Å². The van der Waals surface area contributed by atoms with Gasteiger partial charge in [0.05, 0.1) is 0 Å². The normalized spacial score (nSPS) is 11.1. The van der Waals surface area contributed by atoms with Gasteiger partial charge in [-0.1, -0.05) is 42.6 Å². The van der Waals surface area contributed by atoms with Gasteiger partial charge in [0.15, 0.2) is 0 Å².